The molecular formula is C21H30N6O5. The Bertz CT molecular complexity index is 1010. The van der Waals surface area contributed by atoms with Crippen molar-refractivity contribution in [1.82, 2.24) is 15.2 Å². The number of nitrogens with zero attached hydrogens (tertiary/aromatic N) is 4. The highest BCUT2D eigenvalue weighted by Gasteiger charge is 2.23. The maximum Gasteiger partial charge on any atom is 0.363 e. The summed E-state index contributed by atoms with van der Waals surface area (Å²) in [7, 11) is 1.42. The van der Waals surface area contributed by atoms with Gasteiger partial charge in [-0.15, -0.1) is 0 Å². The number of nitro groups is 1. The van der Waals surface area contributed by atoms with Gasteiger partial charge in [-0.25, -0.2) is 9.89 Å². The number of aromatic amines is 1. The third-order valence-corrected chi connectivity index (χ3v) is 4.51. The lowest BCUT2D eigenvalue weighted by molar-refractivity contribution is -0.386. The Morgan fingerprint density at radius 2 is 2.03 bits per heavy atom. The van der Waals surface area contributed by atoms with Crippen LogP contribution in [0, 0.1) is 10.1 Å². The second kappa shape index (κ2) is 11.2. The first-order chi connectivity index (χ1) is 15.2. The number of unbranched alkanes of at least 4 members (excludes halogenated alkanes) is 3. The molecule has 2 aromatic rings. The molecule has 0 saturated heterocycles. The van der Waals surface area contributed by atoms with E-state index in [-0.39, 0.29) is 23.0 Å². The van der Waals surface area contributed by atoms with Crippen LogP contribution in [0.15, 0.2) is 22.0 Å². The van der Waals surface area contributed by atoms with Gasteiger partial charge in [0.15, 0.2) is 11.6 Å². The summed E-state index contributed by atoms with van der Waals surface area (Å²) in [5.74, 6) is 0.531. The van der Waals surface area contributed by atoms with Gasteiger partial charge in [-0.05, 0) is 12.5 Å². The molecule has 11 heteroatoms. The van der Waals surface area contributed by atoms with E-state index in [0.717, 1.165) is 25.7 Å². The average molecular weight is 447 g/mol. The Balaban J connectivity index is 2.27. The molecule has 11 nitrogen and oxygen atoms in total. The summed E-state index contributed by atoms with van der Waals surface area (Å²) < 4.78 is 11.0. The van der Waals surface area contributed by atoms with Crippen molar-refractivity contribution in [2.75, 3.05) is 19.1 Å². The molecule has 174 valence electrons. The van der Waals surface area contributed by atoms with Crippen molar-refractivity contribution in [3.8, 4) is 11.5 Å². The van der Waals surface area contributed by atoms with Crippen LogP contribution < -0.4 is 20.6 Å². The summed E-state index contributed by atoms with van der Waals surface area (Å²) in [5, 5.41) is 22.0. The topological polar surface area (TPSA) is 145 Å². The zero-order valence-electron chi connectivity index (χ0n) is 19.1. The van der Waals surface area contributed by atoms with Gasteiger partial charge in [-0.2, -0.15) is 15.2 Å². The minimum atomic E-state index is -0.617. The van der Waals surface area contributed by atoms with E-state index < -0.39 is 16.0 Å². The highest BCUT2D eigenvalue weighted by molar-refractivity contribution is 5.83. The Morgan fingerprint density at radius 3 is 2.66 bits per heavy atom. The molecule has 2 N–H and O–H groups in total. The normalized spacial score (nSPS) is 11.5. The van der Waals surface area contributed by atoms with E-state index >= 15 is 0 Å². The zero-order chi connectivity index (χ0) is 23.7. The van der Waals surface area contributed by atoms with Crippen LogP contribution in [-0.4, -0.2) is 40.0 Å². The number of nitrogens with one attached hydrogen (secondary N) is 2. The molecule has 0 spiro atoms. The van der Waals surface area contributed by atoms with Gasteiger partial charge in [-0.3, -0.25) is 15.5 Å². The molecule has 0 aliphatic heterocycles. The molecule has 0 amide bonds. The van der Waals surface area contributed by atoms with Gasteiger partial charge in [0, 0.05) is 17.0 Å². The van der Waals surface area contributed by atoms with Gasteiger partial charge in [0.25, 0.3) is 0 Å². The predicted molar refractivity (Wildman–Crippen MR) is 122 cm³/mol. The summed E-state index contributed by atoms with van der Waals surface area (Å²) in [5.41, 5.74) is 2.40. The predicted octanol–water partition coefficient (Wildman–Crippen LogP) is 3.78. The van der Waals surface area contributed by atoms with Crippen LogP contribution in [0.4, 0.5) is 11.5 Å². The molecule has 1 aromatic carbocycles. The van der Waals surface area contributed by atoms with E-state index in [4.69, 9.17) is 9.47 Å². The van der Waals surface area contributed by atoms with E-state index in [1.807, 2.05) is 20.8 Å². The average Bonchev–Trinajstić information content (AvgIpc) is 2.72. The summed E-state index contributed by atoms with van der Waals surface area (Å²) in [6.45, 7) is 8.22. The Morgan fingerprint density at radius 1 is 1.28 bits per heavy atom. The van der Waals surface area contributed by atoms with Crippen molar-refractivity contribution in [3.63, 3.8) is 0 Å². The second-order valence-corrected chi connectivity index (χ2v) is 8.20. The van der Waals surface area contributed by atoms with Crippen molar-refractivity contribution < 1.29 is 14.4 Å². The summed E-state index contributed by atoms with van der Waals surface area (Å²) in [6.07, 6.45) is 5.33. The SMILES string of the molecule is CCCCCCOc1c(OC)cc(/C=N/Nc2nc(=O)[nH]nc2C(C)(C)C)cc1[N+](=O)[O-]. The molecule has 0 aliphatic carbocycles. The lowest BCUT2D eigenvalue weighted by Crippen LogP contribution is -2.24. The molecule has 0 saturated carbocycles. The van der Waals surface area contributed by atoms with Gasteiger partial charge in [0.1, 0.15) is 5.69 Å². The number of methoxy groups -OCH3 is 1. The van der Waals surface area contributed by atoms with Crippen molar-refractivity contribution >= 4 is 17.7 Å². The number of nitro benzene ring substituents is 1. The lowest BCUT2D eigenvalue weighted by atomic mass is 9.92. The monoisotopic (exact) mass is 446 g/mol. The number of hydrogen-bond acceptors (Lipinski definition) is 9. The molecule has 1 heterocycles. The van der Waals surface area contributed by atoms with Gasteiger partial charge in [-0.1, -0.05) is 47.0 Å². The number of hydrazone groups is 1. The van der Waals surface area contributed by atoms with Gasteiger partial charge in [0.2, 0.25) is 5.75 Å². The van der Waals surface area contributed by atoms with Gasteiger partial charge >= 0.3 is 11.4 Å². The van der Waals surface area contributed by atoms with Crippen LogP contribution in [0.5, 0.6) is 11.5 Å². The maximum atomic E-state index is 11.6. The second-order valence-electron chi connectivity index (χ2n) is 8.20. The number of rotatable bonds is 11. The third-order valence-electron chi connectivity index (χ3n) is 4.51. The third kappa shape index (κ3) is 6.76. The van der Waals surface area contributed by atoms with Crippen molar-refractivity contribution in [2.45, 2.75) is 58.8 Å². The standard InChI is InChI=1S/C21H30N6O5/c1-6-7-8-9-10-32-17-15(27(29)30)11-14(12-16(17)31-5)13-22-25-19-18(21(2,3)4)24-26-20(28)23-19/h11-13H,6-10H2,1-5H3,(H2,23,25,26,28)/b22-13+. The molecule has 32 heavy (non-hydrogen) atoms. The van der Waals surface area contributed by atoms with Crippen LogP contribution in [-0.2, 0) is 5.41 Å². The lowest BCUT2D eigenvalue weighted by Gasteiger charge is -2.18. The smallest absolute Gasteiger partial charge is 0.363 e. The van der Waals surface area contributed by atoms with E-state index in [1.165, 1.54) is 19.4 Å². The number of anilines is 1. The molecule has 1 aromatic heterocycles. The first-order valence-corrected chi connectivity index (χ1v) is 10.4. The van der Waals surface area contributed by atoms with Crippen molar-refractivity contribution in [3.05, 3.63) is 44.0 Å². The molecule has 0 unspecified atom stereocenters. The van der Waals surface area contributed by atoms with E-state index in [2.05, 4.69) is 32.6 Å². The molecule has 0 atom stereocenters. The first kappa shape index (κ1) is 24.8. The highest BCUT2D eigenvalue weighted by Crippen LogP contribution is 2.38. The Labute approximate surface area is 186 Å². The number of hydrogen-bond donors (Lipinski definition) is 2. The van der Waals surface area contributed by atoms with E-state index in [0.29, 0.717) is 17.9 Å². The van der Waals surface area contributed by atoms with Crippen LogP contribution in [0.25, 0.3) is 0 Å². The number of ether oxygens (including phenoxy) is 2. The van der Waals surface area contributed by atoms with E-state index in [1.54, 1.807) is 6.07 Å². The zero-order valence-corrected chi connectivity index (χ0v) is 19.1. The quantitative estimate of drug-likeness (QED) is 0.229. The molecule has 0 bridgehead atoms. The van der Waals surface area contributed by atoms with E-state index in [9.17, 15) is 14.9 Å². The molecule has 0 radical (unpaired) electrons. The number of H-pyrrole nitrogens is 1. The van der Waals surface area contributed by atoms with Gasteiger partial charge < -0.3 is 9.47 Å². The summed E-state index contributed by atoms with van der Waals surface area (Å²) in [6, 6.07) is 2.94. The molecule has 0 aliphatic rings. The Kier molecular flexibility index (Phi) is 8.68. The van der Waals surface area contributed by atoms with Crippen molar-refractivity contribution in [1.29, 1.82) is 0 Å². The number of aromatic nitrogens is 3. The van der Waals surface area contributed by atoms with Crippen molar-refractivity contribution in [2.24, 2.45) is 5.10 Å². The fourth-order valence-electron chi connectivity index (χ4n) is 2.92. The largest absolute Gasteiger partial charge is 0.493 e. The Hall–Kier alpha value is -3.50. The van der Waals surface area contributed by atoms with Gasteiger partial charge in [0.05, 0.1) is 24.9 Å². The molecule has 0 fully saturated rings. The highest BCUT2D eigenvalue weighted by atomic mass is 16.6. The summed E-state index contributed by atoms with van der Waals surface area (Å²) in [4.78, 5) is 26.5. The maximum absolute atomic E-state index is 11.6. The summed E-state index contributed by atoms with van der Waals surface area (Å²) >= 11 is 0. The minimum absolute atomic E-state index is 0.0922. The first-order valence-electron chi connectivity index (χ1n) is 10.4. The fraction of sp³-hybridized carbons (Fsp3) is 0.524. The minimum Gasteiger partial charge on any atom is -0.493 e. The van der Waals surface area contributed by atoms with Crippen LogP contribution >= 0.6 is 0 Å². The van der Waals surface area contributed by atoms with Crippen LogP contribution in [0.1, 0.15) is 64.6 Å². The molecule has 2 rings (SSSR count). The van der Waals surface area contributed by atoms with Crippen LogP contribution in [0.3, 0.4) is 0 Å². The fourth-order valence-corrected chi connectivity index (χ4v) is 2.92. The number of benzene rings is 1. The molecular weight excluding hydrogens is 416 g/mol. The van der Waals surface area contributed by atoms with Crippen LogP contribution in [0.2, 0.25) is 0 Å².